The number of carboxylic acids is 1. The predicted molar refractivity (Wildman–Crippen MR) is 160 cm³/mol. The molecule has 3 aromatic carbocycles. The van der Waals surface area contributed by atoms with E-state index < -0.39 is 22.1 Å². The number of ether oxygens (including phenoxy) is 3. The van der Waals surface area contributed by atoms with Crippen LogP contribution < -0.4 is 14.2 Å². The molecule has 2 heterocycles. The molecule has 2 aliphatic heterocycles. The monoisotopic (exact) mass is 609 g/mol. The number of fused-ring (bicyclic) bond motifs is 2. The summed E-state index contributed by atoms with van der Waals surface area (Å²) in [5.41, 5.74) is 6.33. The number of benzene rings is 3. The summed E-state index contributed by atoms with van der Waals surface area (Å²) < 4.78 is 59.2. The van der Waals surface area contributed by atoms with Gasteiger partial charge in [-0.25, -0.2) is 12.8 Å². The van der Waals surface area contributed by atoms with Gasteiger partial charge in [-0.2, -0.15) is 4.31 Å². The molecule has 43 heavy (non-hydrogen) atoms. The molecule has 3 aliphatic rings. The Morgan fingerprint density at radius 2 is 1.84 bits per heavy atom. The zero-order chi connectivity index (χ0) is 30.5. The van der Waals surface area contributed by atoms with E-state index in [9.17, 15) is 18.3 Å². The van der Waals surface area contributed by atoms with Gasteiger partial charge in [-0.05, 0) is 91.6 Å². The maximum atomic E-state index is 15.3. The van der Waals surface area contributed by atoms with Crippen molar-refractivity contribution >= 4 is 16.0 Å². The second-order valence-corrected chi connectivity index (χ2v) is 13.9. The van der Waals surface area contributed by atoms with E-state index >= 15 is 4.39 Å². The van der Waals surface area contributed by atoms with Crippen LogP contribution in [-0.4, -0.2) is 55.9 Å². The molecule has 1 aliphatic carbocycles. The van der Waals surface area contributed by atoms with E-state index in [1.54, 1.807) is 12.1 Å². The molecule has 0 spiro atoms. The fraction of sp³-hybridized carbons (Fsp3) is 0.424. The number of halogens is 1. The summed E-state index contributed by atoms with van der Waals surface area (Å²) >= 11 is 0. The Morgan fingerprint density at radius 3 is 2.56 bits per heavy atom. The summed E-state index contributed by atoms with van der Waals surface area (Å²) in [6.07, 6.45) is 3.39. The molecule has 6 rings (SSSR count). The third-order valence-electron chi connectivity index (χ3n) is 8.73. The van der Waals surface area contributed by atoms with Gasteiger partial charge in [-0.3, -0.25) is 4.79 Å². The van der Waals surface area contributed by atoms with Crippen LogP contribution in [0.25, 0.3) is 11.1 Å². The van der Waals surface area contributed by atoms with Gasteiger partial charge in [0.1, 0.15) is 35.3 Å². The summed E-state index contributed by atoms with van der Waals surface area (Å²) in [6.45, 7) is 5.20. The highest BCUT2D eigenvalue weighted by atomic mass is 32.2. The van der Waals surface area contributed by atoms with Crippen molar-refractivity contribution in [2.24, 2.45) is 0 Å². The lowest BCUT2D eigenvalue weighted by Gasteiger charge is -2.31. The van der Waals surface area contributed by atoms with E-state index in [-0.39, 0.29) is 24.3 Å². The smallest absolute Gasteiger partial charge is 0.304 e. The number of hydrogen-bond acceptors (Lipinski definition) is 6. The first kappa shape index (κ1) is 29.4. The van der Waals surface area contributed by atoms with Crippen LogP contribution >= 0.6 is 0 Å². The van der Waals surface area contributed by atoms with Crippen molar-refractivity contribution in [2.75, 3.05) is 26.0 Å². The van der Waals surface area contributed by atoms with Gasteiger partial charge in [-0.15, -0.1) is 0 Å². The van der Waals surface area contributed by atoms with E-state index in [4.69, 9.17) is 14.2 Å². The zero-order valence-corrected chi connectivity index (χ0v) is 25.4. The number of rotatable bonds is 8. The van der Waals surface area contributed by atoms with E-state index in [1.165, 1.54) is 16.6 Å². The summed E-state index contributed by atoms with van der Waals surface area (Å²) in [4.78, 5) is 11.2. The van der Waals surface area contributed by atoms with Crippen LogP contribution in [0.2, 0.25) is 0 Å². The molecule has 0 bridgehead atoms. The number of aryl methyl sites for hydroxylation is 2. The fourth-order valence-corrected chi connectivity index (χ4v) is 7.71. The molecule has 0 unspecified atom stereocenters. The first-order valence-electron chi connectivity index (χ1n) is 14.7. The third-order valence-corrected chi connectivity index (χ3v) is 10.0. The number of aliphatic carboxylic acids is 1. The normalized spacial score (nSPS) is 21.6. The number of carbonyl (C=O) groups is 1. The molecule has 0 saturated carbocycles. The van der Waals surface area contributed by atoms with Crippen LogP contribution in [0.4, 0.5) is 4.39 Å². The molecule has 8 nitrogen and oxygen atoms in total. The number of carboxylic acid groups (broad SMARTS) is 1. The maximum absolute atomic E-state index is 15.3. The Hall–Kier alpha value is -3.63. The molecule has 1 saturated heterocycles. The molecule has 0 amide bonds. The predicted octanol–water partition coefficient (Wildman–Crippen LogP) is 5.93. The van der Waals surface area contributed by atoms with Gasteiger partial charge < -0.3 is 19.3 Å². The van der Waals surface area contributed by atoms with Gasteiger partial charge in [-0.1, -0.05) is 12.1 Å². The van der Waals surface area contributed by atoms with E-state index in [0.29, 0.717) is 55.4 Å². The van der Waals surface area contributed by atoms with Crippen LogP contribution in [-0.2, 0) is 21.2 Å². The molecular weight excluding hydrogens is 573 g/mol. The molecule has 10 heteroatoms. The fourth-order valence-electron chi connectivity index (χ4n) is 6.81. The van der Waals surface area contributed by atoms with Gasteiger partial charge in [0, 0.05) is 29.7 Å². The van der Waals surface area contributed by atoms with Crippen molar-refractivity contribution in [3.05, 3.63) is 76.1 Å². The molecule has 1 N–H and O–H groups in total. The van der Waals surface area contributed by atoms with Crippen LogP contribution in [0.15, 0.2) is 42.5 Å². The van der Waals surface area contributed by atoms with Gasteiger partial charge >= 0.3 is 5.97 Å². The molecular formula is C33H36FNO7S. The standard InChI is InChI=1S/C33H36FNO7S/c1-19-13-24(41-23-5-4-12-35(17-23)43(3,38)39)14-20(2)32(19)26-8-10-28(34)33-27(26)9-11-29(33)42-22-6-7-25-21(15-31(36)37)18-40-30(25)16-22/h6-8,10,13-14,16,21,23,29H,4-5,9,11-12,15,17-18H2,1-3H3,(H,36,37)/t21-,23-,29-/m1/s1. The number of piperidine rings is 1. The zero-order valence-electron chi connectivity index (χ0n) is 24.6. The minimum absolute atomic E-state index is 0.00546. The minimum Gasteiger partial charge on any atom is -0.492 e. The van der Waals surface area contributed by atoms with Crippen LogP contribution in [0.3, 0.4) is 0 Å². The second-order valence-electron chi connectivity index (χ2n) is 11.9. The Morgan fingerprint density at radius 1 is 1.07 bits per heavy atom. The van der Waals surface area contributed by atoms with E-state index in [2.05, 4.69) is 0 Å². The average Bonchev–Trinajstić information content (AvgIpc) is 3.53. The van der Waals surface area contributed by atoms with Gasteiger partial charge in [0.2, 0.25) is 10.0 Å². The molecule has 228 valence electrons. The SMILES string of the molecule is Cc1cc(O[C@@H]2CCCN(S(C)(=O)=O)C2)cc(C)c1-c1ccc(F)c2c1CC[C@H]2Oc1ccc2c(c1)OC[C@H]2CC(=O)O. The Bertz CT molecular complexity index is 1670. The topological polar surface area (TPSA) is 102 Å². The average molecular weight is 610 g/mol. The molecule has 0 aromatic heterocycles. The lowest BCUT2D eigenvalue weighted by molar-refractivity contribution is -0.137. The first-order valence-corrected chi connectivity index (χ1v) is 16.5. The van der Waals surface area contributed by atoms with Crippen molar-refractivity contribution < 1.29 is 36.9 Å². The van der Waals surface area contributed by atoms with Crippen LogP contribution in [0.1, 0.15) is 65.5 Å². The highest BCUT2D eigenvalue weighted by Crippen LogP contribution is 2.45. The molecule has 1 fully saturated rings. The van der Waals surface area contributed by atoms with E-state index in [0.717, 1.165) is 46.2 Å². The second kappa shape index (κ2) is 11.5. The lowest BCUT2D eigenvalue weighted by Crippen LogP contribution is -2.43. The molecule has 0 radical (unpaired) electrons. The quantitative estimate of drug-likeness (QED) is 0.338. The minimum atomic E-state index is -3.27. The maximum Gasteiger partial charge on any atom is 0.304 e. The largest absolute Gasteiger partial charge is 0.492 e. The van der Waals surface area contributed by atoms with Crippen molar-refractivity contribution in [1.82, 2.24) is 4.31 Å². The highest BCUT2D eigenvalue weighted by molar-refractivity contribution is 7.88. The van der Waals surface area contributed by atoms with Crippen LogP contribution in [0.5, 0.6) is 17.2 Å². The summed E-state index contributed by atoms with van der Waals surface area (Å²) in [5, 5.41) is 9.17. The Kier molecular flexibility index (Phi) is 7.85. The van der Waals surface area contributed by atoms with Crippen LogP contribution in [0, 0.1) is 19.7 Å². The first-order chi connectivity index (χ1) is 20.5. The number of hydrogen-bond donors (Lipinski definition) is 1. The Balaban J connectivity index is 1.23. The molecule has 3 atom stereocenters. The van der Waals surface area contributed by atoms with Gasteiger partial charge in [0.25, 0.3) is 0 Å². The molecule has 3 aromatic rings. The summed E-state index contributed by atoms with van der Waals surface area (Å²) in [5.74, 6) is 0.507. The van der Waals surface area contributed by atoms with Crippen molar-refractivity contribution in [2.45, 2.75) is 64.1 Å². The van der Waals surface area contributed by atoms with Gasteiger partial charge in [0.05, 0.1) is 25.8 Å². The van der Waals surface area contributed by atoms with E-state index in [1.807, 2.05) is 38.1 Å². The third kappa shape index (κ3) is 5.95. The van der Waals surface area contributed by atoms with Gasteiger partial charge in [0.15, 0.2) is 0 Å². The Labute approximate surface area is 251 Å². The number of sulfonamides is 1. The highest BCUT2D eigenvalue weighted by Gasteiger charge is 2.33. The summed E-state index contributed by atoms with van der Waals surface area (Å²) in [7, 11) is -3.27. The van der Waals surface area contributed by atoms with Crippen molar-refractivity contribution in [1.29, 1.82) is 0 Å². The van der Waals surface area contributed by atoms with Crippen molar-refractivity contribution in [3.63, 3.8) is 0 Å². The number of nitrogens with zero attached hydrogens (tertiary/aromatic N) is 1. The summed E-state index contributed by atoms with van der Waals surface area (Å²) in [6, 6.07) is 12.7. The lowest BCUT2D eigenvalue weighted by atomic mass is 9.90. The van der Waals surface area contributed by atoms with Crippen molar-refractivity contribution in [3.8, 4) is 28.4 Å².